The maximum Gasteiger partial charge on any atom is 0.0991 e. The SMILES string of the molecule is CCCCC[P+](CCCCC)(c1ccccc1)c1ccccc1.[Br-]. The van der Waals surface area contributed by atoms with Gasteiger partial charge in [0.1, 0.15) is 0 Å². The number of rotatable bonds is 10. The van der Waals surface area contributed by atoms with Crippen molar-refractivity contribution in [3.63, 3.8) is 0 Å². The van der Waals surface area contributed by atoms with Crippen LogP contribution in [-0.2, 0) is 0 Å². The molecule has 132 valence electrons. The van der Waals surface area contributed by atoms with Gasteiger partial charge in [-0.1, -0.05) is 75.9 Å². The lowest BCUT2D eigenvalue weighted by Crippen LogP contribution is -3.00. The Kier molecular flexibility index (Phi) is 10.5. The normalized spacial score (nSPS) is 11.1. The van der Waals surface area contributed by atoms with E-state index in [9.17, 15) is 0 Å². The number of benzene rings is 2. The fraction of sp³-hybridized carbons (Fsp3) is 0.455. The highest BCUT2D eigenvalue weighted by Gasteiger charge is 2.41. The molecule has 24 heavy (non-hydrogen) atoms. The van der Waals surface area contributed by atoms with E-state index in [1.807, 2.05) is 0 Å². The smallest absolute Gasteiger partial charge is 0.0991 e. The van der Waals surface area contributed by atoms with Crippen LogP contribution in [-0.4, -0.2) is 12.3 Å². The number of hydrogen-bond acceptors (Lipinski definition) is 0. The predicted octanol–water partition coefficient (Wildman–Crippen LogP) is 3.04. The molecule has 2 aromatic rings. The van der Waals surface area contributed by atoms with E-state index in [-0.39, 0.29) is 17.0 Å². The molecule has 0 fully saturated rings. The zero-order chi connectivity index (χ0) is 16.4. The van der Waals surface area contributed by atoms with E-state index in [1.54, 1.807) is 10.6 Å². The second-order valence-corrected chi connectivity index (χ2v) is 10.4. The van der Waals surface area contributed by atoms with E-state index in [1.165, 1.54) is 50.8 Å². The van der Waals surface area contributed by atoms with Crippen LogP contribution >= 0.6 is 7.26 Å². The maximum atomic E-state index is 2.39. The first-order chi connectivity index (χ1) is 11.3. The summed E-state index contributed by atoms with van der Waals surface area (Å²) in [4.78, 5) is 0. The Hall–Kier alpha value is -0.650. The molecule has 0 aromatic heterocycles. The van der Waals surface area contributed by atoms with Crippen LogP contribution in [0.4, 0.5) is 0 Å². The van der Waals surface area contributed by atoms with E-state index in [4.69, 9.17) is 0 Å². The maximum absolute atomic E-state index is 2.39. The van der Waals surface area contributed by atoms with Gasteiger partial charge in [0.15, 0.2) is 0 Å². The zero-order valence-corrected chi connectivity index (χ0v) is 17.7. The van der Waals surface area contributed by atoms with Crippen molar-refractivity contribution in [1.82, 2.24) is 0 Å². The Bertz CT molecular complexity index is 487. The third-order valence-electron chi connectivity index (χ3n) is 4.79. The molecule has 0 atom stereocenters. The lowest BCUT2D eigenvalue weighted by atomic mass is 10.3. The minimum absolute atomic E-state index is 0. The molecule has 0 bridgehead atoms. The van der Waals surface area contributed by atoms with Gasteiger partial charge in [0, 0.05) is 0 Å². The summed E-state index contributed by atoms with van der Waals surface area (Å²) < 4.78 is 0. The van der Waals surface area contributed by atoms with Crippen LogP contribution in [0.15, 0.2) is 60.7 Å². The van der Waals surface area contributed by atoms with Crippen LogP contribution < -0.4 is 27.6 Å². The molecular formula is C22H32BrP. The fourth-order valence-electron chi connectivity index (χ4n) is 3.47. The quantitative estimate of drug-likeness (QED) is 0.420. The van der Waals surface area contributed by atoms with Crippen LogP contribution in [0.5, 0.6) is 0 Å². The highest BCUT2D eigenvalue weighted by molar-refractivity contribution is 7.89. The van der Waals surface area contributed by atoms with Crippen LogP contribution in [0.25, 0.3) is 0 Å². The molecule has 0 heterocycles. The Balaban J connectivity index is 0.00000288. The van der Waals surface area contributed by atoms with Crippen molar-refractivity contribution in [2.45, 2.75) is 52.4 Å². The zero-order valence-electron chi connectivity index (χ0n) is 15.3. The van der Waals surface area contributed by atoms with Gasteiger partial charge >= 0.3 is 0 Å². The van der Waals surface area contributed by atoms with Crippen molar-refractivity contribution < 1.29 is 17.0 Å². The molecular weight excluding hydrogens is 375 g/mol. The minimum Gasteiger partial charge on any atom is -1.00 e. The molecule has 0 amide bonds. The van der Waals surface area contributed by atoms with Crippen molar-refractivity contribution >= 4 is 17.9 Å². The highest BCUT2D eigenvalue weighted by Crippen LogP contribution is 2.57. The average Bonchev–Trinajstić information content (AvgIpc) is 2.62. The molecule has 0 aliphatic carbocycles. The Morgan fingerprint density at radius 2 is 0.958 bits per heavy atom. The molecule has 2 heteroatoms. The third kappa shape index (κ3) is 5.71. The highest BCUT2D eigenvalue weighted by atomic mass is 79.9. The largest absolute Gasteiger partial charge is 1.00 e. The van der Waals surface area contributed by atoms with Gasteiger partial charge < -0.3 is 17.0 Å². The van der Waals surface area contributed by atoms with Gasteiger partial charge in [-0.2, -0.15) is 0 Å². The van der Waals surface area contributed by atoms with E-state index in [2.05, 4.69) is 74.5 Å². The lowest BCUT2D eigenvalue weighted by molar-refractivity contribution is -0.00000481. The molecule has 0 saturated carbocycles. The van der Waals surface area contributed by atoms with Crippen molar-refractivity contribution in [1.29, 1.82) is 0 Å². The van der Waals surface area contributed by atoms with Gasteiger partial charge in [-0.25, -0.2) is 0 Å². The van der Waals surface area contributed by atoms with Crippen molar-refractivity contribution in [3.8, 4) is 0 Å². The summed E-state index contributed by atoms with van der Waals surface area (Å²) in [5, 5.41) is 3.22. The lowest BCUT2D eigenvalue weighted by Gasteiger charge is -2.28. The summed E-state index contributed by atoms with van der Waals surface area (Å²) in [6, 6.07) is 22.8. The summed E-state index contributed by atoms with van der Waals surface area (Å²) in [6.45, 7) is 4.62. The molecule has 0 unspecified atom stereocenters. The van der Waals surface area contributed by atoms with Crippen molar-refractivity contribution in [3.05, 3.63) is 60.7 Å². The summed E-state index contributed by atoms with van der Waals surface area (Å²) in [7, 11) is -1.26. The summed E-state index contributed by atoms with van der Waals surface area (Å²) in [6.07, 6.45) is 10.8. The minimum atomic E-state index is -1.26. The van der Waals surface area contributed by atoms with Crippen LogP contribution in [0.1, 0.15) is 52.4 Å². The van der Waals surface area contributed by atoms with Gasteiger partial charge in [0.2, 0.25) is 0 Å². The molecule has 2 aromatic carbocycles. The standard InChI is InChI=1S/C22H32P.BrH/c1-3-5-13-19-23(20-14-6-4-2,21-15-9-7-10-16-21)22-17-11-8-12-18-22;/h7-12,15-18H,3-6,13-14,19-20H2,1-2H3;1H/q+1;/p-1. The number of unbranched alkanes of at least 4 members (excludes halogenated alkanes) is 4. The number of halogens is 1. The van der Waals surface area contributed by atoms with Crippen molar-refractivity contribution in [2.75, 3.05) is 12.3 Å². The first kappa shape index (κ1) is 21.4. The summed E-state index contributed by atoms with van der Waals surface area (Å²) in [5.41, 5.74) is 0. The topological polar surface area (TPSA) is 0 Å². The van der Waals surface area contributed by atoms with Gasteiger partial charge in [-0.05, 0) is 37.1 Å². The second-order valence-electron chi connectivity index (χ2n) is 6.50. The molecule has 0 N–H and O–H groups in total. The Morgan fingerprint density at radius 3 is 1.29 bits per heavy atom. The van der Waals surface area contributed by atoms with Gasteiger partial charge in [-0.3, -0.25) is 0 Å². The first-order valence-electron chi connectivity index (χ1n) is 9.32. The molecule has 0 saturated heterocycles. The molecule has 0 aliphatic heterocycles. The molecule has 0 radical (unpaired) electrons. The van der Waals surface area contributed by atoms with Gasteiger partial charge in [0.05, 0.1) is 30.2 Å². The summed E-state index contributed by atoms with van der Waals surface area (Å²) in [5.74, 6) is 0. The predicted molar refractivity (Wildman–Crippen MR) is 108 cm³/mol. The fourth-order valence-corrected chi connectivity index (χ4v) is 8.03. The van der Waals surface area contributed by atoms with E-state index < -0.39 is 7.26 Å². The van der Waals surface area contributed by atoms with Crippen LogP contribution in [0, 0.1) is 0 Å². The summed E-state index contributed by atoms with van der Waals surface area (Å²) >= 11 is 0. The number of hydrogen-bond donors (Lipinski definition) is 0. The Labute approximate surface area is 160 Å². The van der Waals surface area contributed by atoms with Gasteiger partial charge in [0.25, 0.3) is 0 Å². The molecule has 2 rings (SSSR count). The average molecular weight is 407 g/mol. The van der Waals surface area contributed by atoms with E-state index >= 15 is 0 Å². The monoisotopic (exact) mass is 406 g/mol. The third-order valence-corrected chi connectivity index (χ3v) is 9.52. The first-order valence-corrected chi connectivity index (χ1v) is 11.5. The van der Waals surface area contributed by atoms with Crippen molar-refractivity contribution in [2.24, 2.45) is 0 Å². The molecule has 0 aliphatic rings. The Morgan fingerprint density at radius 1 is 0.583 bits per heavy atom. The van der Waals surface area contributed by atoms with Crippen LogP contribution in [0.3, 0.4) is 0 Å². The van der Waals surface area contributed by atoms with Crippen LogP contribution in [0.2, 0.25) is 0 Å². The van der Waals surface area contributed by atoms with Gasteiger partial charge in [-0.15, -0.1) is 0 Å². The van der Waals surface area contributed by atoms with E-state index in [0.29, 0.717) is 0 Å². The molecule has 0 nitrogen and oxygen atoms in total. The molecule has 0 spiro atoms. The second kappa shape index (κ2) is 11.8. The van der Waals surface area contributed by atoms with E-state index in [0.717, 1.165) is 0 Å².